The topological polar surface area (TPSA) is 46.6 Å². The molecule has 0 aromatic heterocycles. The highest BCUT2D eigenvalue weighted by atomic mass is 35.5. The number of thioether (sulfide) groups is 1. The standard InChI is InChI=1S/C26H19Cl4NO3S/c27-19-9-8-17(11-20(19)28)15-34-24-21(29)12-18(13-22(24)30)14-23-25(32)31(26(33)35-23)10-4-7-16-5-2-1-3-6-16/h1-3,5-6,8-9,11-14H,4,7,10,15H2/b23-14+. The smallest absolute Gasteiger partial charge is 0.293 e. The Morgan fingerprint density at radius 2 is 1.54 bits per heavy atom. The third-order valence-electron chi connectivity index (χ3n) is 5.25. The number of rotatable bonds is 8. The molecule has 1 fully saturated rings. The lowest BCUT2D eigenvalue weighted by Gasteiger charge is -2.12. The average molecular weight is 567 g/mol. The zero-order chi connectivity index (χ0) is 24.9. The van der Waals surface area contributed by atoms with E-state index >= 15 is 0 Å². The molecule has 0 atom stereocenters. The van der Waals surface area contributed by atoms with Crippen molar-refractivity contribution in [1.82, 2.24) is 4.90 Å². The van der Waals surface area contributed by atoms with Gasteiger partial charge in [-0.15, -0.1) is 0 Å². The molecule has 180 valence electrons. The molecule has 0 radical (unpaired) electrons. The minimum atomic E-state index is -0.319. The van der Waals surface area contributed by atoms with E-state index in [0.717, 1.165) is 23.7 Å². The van der Waals surface area contributed by atoms with Crippen LogP contribution >= 0.6 is 58.2 Å². The van der Waals surface area contributed by atoms with Gasteiger partial charge in [-0.2, -0.15) is 0 Å². The Balaban J connectivity index is 1.41. The van der Waals surface area contributed by atoms with Gasteiger partial charge in [0.25, 0.3) is 11.1 Å². The Morgan fingerprint density at radius 1 is 0.829 bits per heavy atom. The Labute approximate surface area is 227 Å². The number of ether oxygens (including phenoxy) is 1. The first-order valence-electron chi connectivity index (χ1n) is 10.7. The normalized spacial score (nSPS) is 14.7. The van der Waals surface area contributed by atoms with Gasteiger partial charge in [-0.1, -0.05) is 82.8 Å². The van der Waals surface area contributed by atoms with Gasteiger partial charge in [0.15, 0.2) is 5.75 Å². The molecule has 3 aromatic rings. The predicted octanol–water partition coefficient (Wildman–Crippen LogP) is 8.55. The quantitative estimate of drug-likeness (QED) is 0.256. The van der Waals surface area contributed by atoms with Crippen molar-refractivity contribution >= 4 is 75.4 Å². The van der Waals surface area contributed by atoms with Crippen molar-refractivity contribution in [2.75, 3.05) is 6.54 Å². The average Bonchev–Trinajstić information content (AvgIpc) is 3.08. The number of aryl methyl sites for hydroxylation is 1. The van der Waals surface area contributed by atoms with Crippen LogP contribution in [0.15, 0.2) is 65.6 Å². The van der Waals surface area contributed by atoms with Crippen molar-refractivity contribution in [3.8, 4) is 5.75 Å². The molecule has 1 aliphatic heterocycles. The molecule has 2 amide bonds. The van der Waals surface area contributed by atoms with E-state index < -0.39 is 0 Å². The SMILES string of the molecule is O=C1S/C(=C/c2cc(Cl)c(OCc3ccc(Cl)c(Cl)c3)c(Cl)c2)C(=O)N1CCCc1ccccc1. The monoisotopic (exact) mass is 565 g/mol. The van der Waals surface area contributed by atoms with E-state index in [2.05, 4.69) is 0 Å². The molecular formula is C26H19Cl4NO3S. The Kier molecular flexibility index (Phi) is 8.68. The van der Waals surface area contributed by atoms with Gasteiger partial charge < -0.3 is 4.74 Å². The van der Waals surface area contributed by atoms with Crippen molar-refractivity contribution in [2.24, 2.45) is 0 Å². The van der Waals surface area contributed by atoms with Gasteiger partial charge in [0.1, 0.15) is 6.61 Å². The molecule has 0 unspecified atom stereocenters. The summed E-state index contributed by atoms with van der Waals surface area (Å²) < 4.78 is 5.79. The molecule has 0 aliphatic carbocycles. The van der Waals surface area contributed by atoms with Crippen LogP contribution in [-0.2, 0) is 17.8 Å². The summed E-state index contributed by atoms with van der Waals surface area (Å²) in [7, 11) is 0. The molecule has 0 spiro atoms. The van der Waals surface area contributed by atoms with Crippen LogP contribution in [0.4, 0.5) is 4.79 Å². The van der Waals surface area contributed by atoms with E-state index in [4.69, 9.17) is 51.1 Å². The molecule has 9 heteroatoms. The van der Waals surface area contributed by atoms with Crippen molar-refractivity contribution in [3.63, 3.8) is 0 Å². The van der Waals surface area contributed by atoms with Crippen LogP contribution < -0.4 is 4.74 Å². The number of hydrogen-bond acceptors (Lipinski definition) is 4. The summed E-state index contributed by atoms with van der Waals surface area (Å²) >= 11 is 25.7. The second kappa shape index (κ2) is 11.7. The molecular weight excluding hydrogens is 548 g/mol. The van der Waals surface area contributed by atoms with E-state index in [1.54, 1.807) is 36.4 Å². The number of carbonyl (C=O) groups excluding carboxylic acids is 2. The second-order valence-corrected chi connectivity index (χ2v) is 10.4. The first-order valence-corrected chi connectivity index (χ1v) is 13.0. The molecule has 35 heavy (non-hydrogen) atoms. The number of carbonyl (C=O) groups is 2. The van der Waals surface area contributed by atoms with Crippen molar-refractivity contribution < 1.29 is 14.3 Å². The van der Waals surface area contributed by atoms with E-state index in [0.29, 0.717) is 39.2 Å². The lowest BCUT2D eigenvalue weighted by atomic mass is 10.1. The van der Waals surface area contributed by atoms with Crippen LogP contribution in [-0.4, -0.2) is 22.6 Å². The van der Waals surface area contributed by atoms with Gasteiger partial charge in [0, 0.05) is 6.54 Å². The maximum atomic E-state index is 12.8. The second-order valence-electron chi connectivity index (χ2n) is 7.77. The summed E-state index contributed by atoms with van der Waals surface area (Å²) in [5.74, 6) is -0.00850. The highest BCUT2D eigenvalue weighted by Crippen LogP contribution is 2.38. The molecule has 3 aromatic carbocycles. The highest BCUT2D eigenvalue weighted by Gasteiger charge is 2.34. The highest BCUT2D eigenvalue weighted by molar-refractivity contribution is 8.18. The fourth-order valence-electron chi connectivity index (χ4n) is 3.52. The molecule has 4 nitrogen and oxygen atoms in total. The molecule has 4 rings (SSSR count). The number of nitrogens with zero attached hydrogens (tertiary/aromatic N) is 1. The van der Waals surface area contributed by atoms with Crippen LogP contribution in [0.5, 0.6) is 5.75 Å². The Morgan fingerprint density at radius 3 is 2.23 bits per heavy atom. The van der Waals surface area contributed by atoms with Crippen LogP contribution in [0.25, 0.3) is 6.08 Å². The minimum absolute atomic E-state index is 0.192. The summed E-state index contributed by atoms with van der Waals surface area (Å²) in [6, 6.07) is 18.4. The van der Waals surface area contributed by atoms with Gasteiger partial charge >= 0.3 is 0 Å². The van der Waals surface area contributed by atoms with Crippen LogP contribution in [0.2, 0.25) is 20.1 Å². The summed E-state index contributed by atoms with van der Waals surface area (Å²) in [5, 5.41) is 1.16. The maximum absolute atomic E-state index is 12.8. The summed E-state index contributed by atoms with van der Waals surface area (Å²) in [6.07, 6.45) is 3.09. The van der Waals surface area contributed by atoms with E-state index in [9.17, 15) is 9.59 Å². The zero-order valence-electron chi connectivity index (χ0n) is 18.3. The van der Waals surface area contributed by atoms with Crippen LogP contribution in [0.1, 0.15) is 23.1 Å². The first kappa shape index (κ1) is 25.9. The zero-order valence-corrected chi connectivity index (χ0v) is 22.1. The fraction of sp³-hybridized carbons (Fsp3) is 0.154. The van der Waals surface area contributed by atoms with Gasteiger partial charge in [-0.05, 0) is 71.6 Å². The number of imide groups is 1. The largest absolute Gasteiger partial charge is 0.486 e. The predicted molar refractivity (Wildman–Crippen MR) is 145 cm³/mol. The number of amides is 2. The van der Waals surface area contributed by atoms with Crippen molar-refractivity contribution in [2.45, 2.75) is 19.4 Å². The van der Waals surface area contributed by atoms with Crippen molar-refractivity contribution in [3.05, 3.63) is 102 Å². The molecule has 1 heterocycles. The maximum Gasteiger partial charge on any atom is 0.293 e. The van der Waals surface area contributed by atoms with Gasteiger partial charge in [0.05, 0.1) is 25.0 Å². The summed E-state index contributed by atoms with van der Waals surface area (Å²) in [6.45, 7) is 0.553. The lowest BCUT2D eigenvalue weighted by Crippen LogP contribution is -2.29. The lowest BCUT2D eigenvalue weighted by molar-refractivity contribution is -0.122. The van der Waals surface area contributed by atoms with E-state index in [1.807, 2.05) is 30.3 Å². The van der Waals surface area contributed by atoms with Gasteiger partial charge in [0.2, 0.25) is 0 Å². The Bertz CT molecular complexity index is 1270. The van der Waals surface area contributed by atoms with Crippen molar-refractivity contribution in [1.29, 1.82) is 0 Å². The summed E-state index contributed by atoms with van der Waals surface area (Å²) in [5.41, 5.74) is 2.56. The molecule has 0 N–H and O–H groups in total. The fourth-order valence-corrected chi connectivity index (χ4v) is 5.31. The number of hydrogen-bond donors (Lipinski definition) is 0. The van der Waals surface area contributed by atoms with Crippen LogP contribution in [0, 0.1) is 0 Å². The van der Waals surface area contributed by atoms with E-state index in [1.165, 1.54) is 10.5 Å². The van der Waals surface area contributed by atoms with E-state index in [-0.39, 0.29) is 27.8 Å². The molecule has 1 aliphatic rings. The third-order valence-corrected chi connectivity index (χ3v) is 7.46. The molecule has 1 saturated heterocycles. The number of benzene rings is 3. The minimum Gasteiger partial charge on any atom is -0.486 e. The first-order chi connectivity index (χ1) is 16.8. The molecule has 0 saturated carbocycles. The summed E-state index contributed by atoms with van der Waals surface area (Å²) in [4.78, 5) is 26.8. The molecule has 0 bridgehead atoms. The van der Waals surface area contributed by atoms with Gasteiger partial charge in [-0.25, -0.2) is 0 Å². The number of halogens is 4. The van der Waals surface area contributed by atoms with Gasteiger partial charge in [-0.3, -0.25) is 14.5 Å². The van der Waals surface area contributed by atoms with Crippen LogP contribution in [0.3, 0.4) is 0 Å². The Hall–Kier alpha value is -2.15. The third kappa shape index (κ3) is 6.54.